The number of carbonyl (C=O) groups excluding carboxylic acids is 1. The standard InChI is InChI=1S/C23H35N3O2/c1-17-3-6-19(15-22(17)28-2)23(27)24-20-7-9-21(10-8-20)26-13-11-25(12-14-26)16-18-4-5-18/h3,6,15,18,20-21H,4-5,7-14,16H2,1-2H3,(H,24,27). The molecule has 1 aliphatic heterocycles. The van der Waals surface area contributed by atoms with Crippen LogP contribution in [0, 0.1) is 12.8 Å². The van der Waals surface area contributed by atoms with Crippen molar-refractivity contribution in [1.82, 2.24) is 15.1 Å². The van der Waals surface area contributed by atoms with Crippen LogP contribution in [0.2, 0.25) is 0 Å². The Hall–Kier alpha value is -1.59. The Labute approximate surface area is 169 Å². The summed E-state index contributed by atoms with van der Waals surface area (Å²) in [6.07, 6.45) is 7.47. The molecule has 0 spiro atoms. The van der Waals surface area contributed by atoms with Crippen LogP contribution in [0.3, 0.4) is 0 Å². The third-order valence-corrected chi connectivity index (χ3v) is 6.84. The van der Waals surface area contributed by atoms with E-state index in [0.29, 0.717) is 17.6 Å². The molecule has 5 heteroatoms. The Morgan fingerprint density at radius 3 is 2.43 bits per heavy atom. The molecule has 2 saturated carbocycles. The quantitative estimate of drug-likeness (QED) is 0.817. The molecule has 28 heavy (non-hydrogen) atoms. The van der Waals surface area contributed by atoms with E-state index in [-0.39, 0.29) is 5.91 Å². The Bertz CT molecular complexity index is 672. The highest BCUT2D eigenvalue weighted by Crippen LogP contribution is 2.30. The molecule has 0 atom stereocenters. The molecular formula is C23H35N3O2. The Balaban J connectivity index is 1.21. The second kappa shape index (κ2) is 8.83. The van der Waals surface area contributed by atoms with Crippen molar-refractivity contribution in [1.29, 1.82) is 0 Å². The minimum atomic E-state index is 0.0236. The highest BCUT2D eigenvalue weighted by Gasteiger charge is 2.31. The van der Waals surface area contributed by atoms with Gasteiger partial charge in [-0.1, -0.05) is 6.07 Å². The van der Waals surface area contributed by atoms with Crippen LogP contribution in [-0.2, 0) is 0 Å². The lowest BCUT2D eigenvalue weighted by Crippen LogP contribution is -2.52. The molecular weight excluding hydrogens is 350 g/mol. The van der Waals surface area contributed by atoms with Gasteiger partial charge in [0.2, 0.25) is 0 Å². The van der Waals surface area contributed by atoms with Crippen molar-refractivity contribution < 1.29 is 9.53 Å². The Kier molecular flexibility index (Phi) is 6.22. The molecule has 154 valence electrons. The van der Waals surface area contributed by atoms with E-state index in [9.17, 15) is 4.79 Å². The summed E-state index contributed by atoms with van der Waals surface area (Å²) in [6, 6.07) is 6.69. The van der Waals surface area contributed by atoms with Gasteiger partial charge in [-0.25, -0.2) is 0 Å². The first kappa shape index (κ1) is 19.7. The minimum absolute atomic E-state index is 0.0236. The fourth-order valence-electron chi connectivity index (χ4n) is 4.79. The summed E-state index contributed by atoms with van der Waals surface area (Å²) in [7, 11) is 1.65. The molecule has 1 N–H and O–H groups in total. The number of rotatable bonds is 6. The average molecular weight is 386 g/mol. The third kappa shape index (κ3) is 4.87. The molecule has 0 aromatic heterocycles. The summed E-state index contributed by atoms with van der Waals surface area (Å²) in [4.78, 5) is 18.0. The summed E-state index contributed by atoms with van der Waals surface area (Å²) in [5.41, 5.74) is 1.74. The normalized spacial score (nSPS) is 26.8. The van der Waals surface area contributed by atoms with Crippen molar-refractivity contribution >= 4 is 5.91 Å². The lowest BCUT2D eigenvalue weighted by molar-refractivity contribution is 0.0694. The lowest BCUT2D eigenvalue weighted by Gasteiger charge is -2.42. The number of benzene rings is 1. The van der Waals surface area contributed by atoms with Gasteiger partial charge < -0.3 is 15.0 Å². The van der Waals surface area contributed by atoms with Gasteiger partial charge in [0, 0.05) is 50.4 Å². The summed E-state index contributed by atoms with van der Waals surface area (Å²) < 4.78 is 5.35. The van der Waals surface area contributed by atoms with Crippen molar-refractivity contribution in [2.75, 3.05) is 39.8 Å². The fourth-order valence-corrected chi connectivity index (χ4v) is 4.79. The number of hydrogen-bond acceptors (Lipinski definition) is 4. The van der Waals surface area contributed by atoms with E-state index in [1.165, 1.54) is 58.4 Å². The first-order valence-corrected chi connectivity index (χ1v) is 11.0. The van der Waals surface area contributed by atoms with Crippen LogP contribution in [0.15, 0.2) is 18.2 Å². The van der Waals surface area contributed by atoms with Crippen LogP contribution in [0.1, 0.15) is 54.4 Å². The SMILES string of the molecule is COc1cc(C(=O)NC2CCC(N3CCN(CC4CC4)CC3)CC2)ccc1C. The van der Waals surface area contributed by atoms with Gasteiger partial charge in [0.25, 0.3) is 5.91 Å². The molecule has 1 saturated heterocycles. The van der Waals surface area contributed by atoms with Crippen LogP contribution in [0.4, 0.5) is 0 Å². The smallest absolute Gasteiger partial charge is 0.251 e. The van der Waals surface area contributed by atoms with E-state index in [0.717, 1.165) is 30.1 Å². The van der Waals surface area contributed by atoms with Crippen LogP contribution < -0.4 is 10.1 Å². The summed E-state index contributed by atoms with van der Waals surface area (Å²) in [5, 5.41) is 3.24. The van der Waals surface area contributed by atoms with E-state index in [1.54, 1.807) is 7.11 Å². The second-order valence-electron chi connectivity index (χ2n) is 8.94. The number of aryl methyl sites for hydroxylation is 1. The maximum Gasteiger partial charge on any atom is 0.251 e. The molecule has 1 amide bonds. The maximum absolute atomic E-state index is 12.6. The number of piperazine rings is 1. The molecule has 0 bridgehead atoms. The number of methoxy groups -OCH3 is 1. The van der Waals surface area contributed by atoms with Gasteiger partial charge in [0.15, 0.2) is 0 Å². The number of ether oxygens (including phenoxy) is 1. The lowest BCUT2D eigenvalue weighted by atomic mass is 9.89. The molecule has 3 aliphatic rings. The largest absolute Gasteiger partial charge is 0.496 e. The Morgan fingerprint density at radius 1 is 1.07 bits per heavy atom. The van der Waals surface area contributed by atoms with Crippen molar-refractivity contribution in [3.05, 3.63) is 29.3 Å². The predicted octanol–water partition coefficient (Wildman–Crippen LogP) is 3.07. The van der Waals surface area contributed by atoms with Gasteiger partial charge in [-0.2, -0.15) is 0 Å². The second-order valence-corrected chi connectivity index (χ2v) is 8.94. The molecule has 2 aliphatic carbocycles. The van der Waals surface area contributed by atoms with Crippen LogP contribution in [0.25, 0.3) is 0 Å². The number of amides is 1. The first-order chi connectivity index (χ1) is 13.6. The molecule has 0 radical (unpaired) electrons. The minimum Gasteiger partial charge on any atom is -0.496 e. The number of nitrogens with zero attached hydrogens (tertiary/aromatic N) is 2. The van der Waals surface area contributed by atoms with Gasteiger partial charge >= 0.3 is 0 Å². The average Bonchev–Trinajstić information content (AvgIpc) is 3.53. The highest BCUT2D eigenvalue weighted by molar-refractivity contribution is 5.94. The zero-order valence-electron chi connectivity index (χ0n) is 17.5. The molecule has 1 heterocycles. The van der Waals surface area contributed by atoms with Crippen LogP contribution >= 0.6 is 0 Å². The molecule has 1 aromatic rings. The number of hydrogen-bond donors (Lipinski definition) is 1. The van der Waals surface area contributed by atoms with Crippen LogP contribution in [0.5, 0.6) is 5.75 Å². The van der Waals surface area contributed by atoms with Gasteiger partial charge in [0.05, 0.1) is 7.11 Å². The van der Waals surface area contributed by atoms with Gasteiger partial charge in [0.1, 0.15) is 5.75 Å². The van der Waals surface area contributed by atoms with E-state index >= 15 is 0 Å². The van der Waals surface area contributed by atoms with E-state index in [2.05, 4.69) is 15.1 Å². The van der Waals surface area contributed by atoms with E-state index in [4.69, 9.17) is 4.74 Å². The van der Waals surface area contributed by atoms with Crippen molar-refractivity contribution in [2.24, 2.45) is 5.92 Å². The highest BCUT2D eigenvalue weighted by atomic mass is 16.5. The van der Waals surface area contributed by atoms with Gasteiger partial charge in [-0.3, -0.25) is 9.69 Å². The first-order valence-electron chi connectivity index (χ1n) is 11.0. The summed E-state index contributed by atoms with van der Waals surface area (Å²) in [5.74, 6) is 1.80. The van der Waals surface area contributed by atoms with Gasteiger partial charge in [-0.15, -0.1) is 0 Å². The monoisotopic (exact) mass is 385 g/mol. The maximum atomic E-state index is 12.6. The fraction of sp³-hybridized carbons (Fsp3) is 0.696. The third-order valence-electron chi connectivity index (χ3n) is 6.84. The van der Waals surface area contributed by atoms with Gasteiger partial charge in [-0.05, 0) is 69.1 Å². The predicted molar refractivity (Wildman–Crippen MR) is 112 cm³/mol. The summed E-state index contributed by atoms with van der Waals surface area (Å²) in [6.45, 7) is 8.24. The van der Waals surface area contributed by atoms with Crippen molar-refractivity contribution in [3.63, 3.8) is 0 Å². The molecule has 1 aromatic carbocycles. The summed E-state index contributed by atoms with van der Waals surface area (Å²) >= 11 is 0. The molecule has 3 fully saturated rings. The van der Waals surface area contributed by atoms with E-state index in [1.807, 2.05) is 25.1 Å². The Morgan fingerprint density at radius 2 is 1.79 bits per heavy atom. The molecule has 4 rings (SSSR count). The van der Waals surface area contributed by atoms with E-state index < -0.39 is 0 Å². The number of nitrogens with one attached hydrogen (secondary N) is 1. The van der Waals surface area contributed by atoms with Crippen molar-refractivity contribution in [2.45, 2.75) is 57.5 Å². The van der Waals surface area contributed by atoms with Crippen molar-refractivity contribution in [3.8, 4) is 5.75 Å². The van der Waals surface area contributed by atoms with Crippen LogP contribution in [-0.4, -0.2) is 67.6 Å². The zero-order chi connectivity index (χ0) is 19.5. The zero-order valence-corrected chi connectivity index (χ0v) is 17.5. The topological polar surface area (TPSA) is 44.8 Å². The number of carbonyl (C=O) groups is 1. The molecule has 5 nitrogen and oxygen atoms in total. The molecule has 0 unspecified atom stereocenters.